The summed E-state index contributed by atoms with van der Waals surface area (Å²) in [4.78, 5) is 30.7. The predicted octanol–water partition coefficient (Wildman–Crippen LogP) is 2.86. The molecule has 1 aromatic heterocycles. The van der Waals surface area contributed by atoms with Crippen LogP contribution in [0.5, 0.6) is 0 Å². The van der Waals surface area contributed by atoms with Crippen LogP contribution in [-0.2, 0) is 19.6 Å². The molecule has 2 aliphatic rings. The summed E-state index contributed by atoms with van der Waals surface area (Å²) in [6, 6.07) is 8.73. The van der Waals surface area contributed by atoms with E-state index in [1.807, 2.05) is 13.0 Å². The molecule has 2 fully saturated rings. The van der Waals surface area contributed by atoms with Gasteiger partial charge >= 0.3 is 0 Å². The molecule has 0 radical (unpaired) electrons. The monoisotopic (exact) mass is 456 g/mol. The summed E-state index contributed by atoms with van der Waals surface area (Å²) in [5.74, 6) is 0.197. The van der Waals surface area contributed by atoms with Gasteiger partial charge in [0.2, 0.25) is 21.8 Å². The summed E-state index contributed by atoms with van der Waals surface area (Å²) >= 11 is 0. The van der Waals surface area contributed by atoms with Gasteiger partial charge in [0, 0.05) is 43.9 Å². The Labute approximate surface area is 188 Å². The molecule has 1 N–H and O–H groups in total. The second kappa shape index (κ2) is 8.99. The van der Waals surface area contributed by atoms with Crippen LogP contribution in [0.1, 0.15) is 36.8 Å². The Bertz CT molecular complexity index is 1140. The van der Waals surface area contributed by atoms with Gasteiger partial charge in [0.15, 0.2) is 0 Å². The van der Waals surface area contributed by atoms with E-state index in [2.05, 4.69) is 10.3 Å². The maximum atomic E-state index is 13.2. The molecule has 0 unspecified atom stereocenters. The fourth-order valence-corrected chi connectivity index (χ4v) is 6.02. The van der Waals surface area contributed by atoms with Gasteiger partial charge in [0.25, 0.3) is 0 Å². The van der Waals surface area contributed by atoms with Gasteiger partial charge in [-0.15, -0.1) is 0 Å². The largest absolute Gasteiger partial charge is 0.312 e. The molecule has 2 aromatic rings. The molecular weight excluding hydrogens is 428 g/mol. The molecule has 170 valence electrons. The molecule has 4 rings (SSSR count). The molecule has 0 saturated carbocycles. The van der Waals surface area contributed by atoms with Crippen LogP contribution < -0.4 is 10.2 Å². The first-order valence-electron chi connectivity index (χ1n) is 10.9. The number of amides is 2. The number of piperidine rings is 1. The van der Waals surface area contributed by atoms with Crippen molar-refractivity contribution in [2.75, 3.05) is 29.9 Å². The van der Waals surface area contributed by atoms with Crippen LogP contribution in [-0.4, -0.2) is 49.2 Å². The van der Waals surface area contributed by atoms with E-state index in [0.717, 1.165) is 17.7 Å². The fraction of sp³-hybridized carbons (Fsp3) is 0.435. The number of hydrogen-bond donors (Lipinski definition) is 1. The van der Waals surface area contributed by atoms with Crippen LogP contribution in [0.3, 0.4) is 0 Å². The van der Waals surface area contributed by atoms with Gasteiger partial charge in [0.05, 0.1) is 4.90 Å². The second-order valence-electron chi connectivity index (χ2n) is 8.48. The molecule has 8 nitrogen and oxygen atoms in total. The third-order valence-corrected chi connectivity index (χ3v) is 8.21. The maximum absolute atomic E-state index is 13.2. The van der Waals surface area contributed by atoms with E-state index >= 15 is 0 Å². The topological polar surface area (TPSA) is 99.7 Å². The summed E-state index contributed by atoms with van der Waals surface area (Å²) in [6.45, 7) is 4.92. The molecule has 3 heterocycles. The van der Waals surface area contributed by atoms with Gasteiger partial charge in [-0.3, -0.25) is 9.59 Å². The summed E-state index contributed by atoms with van der Waals surface area (Å²) < 4.78 is 27.9. The van der Waals surface area contributed by atoms with E-state index in [1.165, 1.54) is 4.31 Å². The zero-order valence-electron chi connectivity index (χ0n) is 18.4. The average Bonchev–Trinajstić information content (AvgIpc) is 3.19. The number of anilines is 2. The molecule has 0 aliphatic carbocycles. The molecule has 9 heteroatoms. The number of carbonyl (C=O) groups is 2. The van der Waals surface area contributed by atoms with Crippen LogP contribution in [0.4, 0.5) is 11.5 Å². The van der Waals surface area contributed by atoms with Gasteiger partial charge in [-0.05, 0) is 74.6 Å². The molecule has 0 atom stereocenters. The Hall–Kier alpha value is -2.78. The van der Waals surface area contributed by atoms with Crippen LogP contribution in [0.15, 0.2) is 41.4 Å². The van der Waals surface area contributed by atoms with Crippen molar-refractivity contribution in [3.63, 3.8) is 0 Å². The summed E-state index contributed by atoms with van der Waals surface area (Å²) in [7, 11) is -3.67. The molecule has 2 aliphatic heterocycles. The summed E-state index contributed by atoms with van der Waals surface area (Å²) in [6.07, 6.45) is 3.90. The third-order valence-electron chi connectivity index (χ3n) is 6.15. The summed E-state index contributed by atoms with van der Waals surface area (Å²) in [5, 5.41) is 2.83. The number of benzene rings is 1. The average molecular weight is 457 g/mol. The first kappa shape index (κ1) is 22.4. The van der Waals surface area contributed by atoms with Crippen molar-refractivity contribution in [3.8, 4) is 0 Å². The van der Waals surface area contributed by atoms with Crippen molar-refractivity contribution < 1.29 is 18.0 Å². The van der Waals surface area contributed by atoms with Gasteiger partial charge < -0.3 is 10.2 Å². The van der Waals surface area contributed by atoms with Crippen LogP contribution in [0.25, 0.3) is 0 Å². The van der Waals surface area contributed by atoms with Crippen molar-refractivity contribution in [1.29, 1.82) is 0 Å². The lowest BCUT2D eigenvalue weighted by Gasteiger charge is -2.31. The number of nitrogens with zero attached hydrogens (tertiary/aromatic N) is 3. The van der Waals surface area contributed by atoms with E-state index in [1.54, 1.807) is 42.3 Å². The zero-order valence-corrected chi connectivity index (χ0v) is 19.2. The van der Waals surface area contributed by atoms with Gasteiger partial charge in [0.1, 0.15) is 5.82 Å². The highest BCUT2D eigenvalue weighted by molar-refractivity contribution is 7.89. The number of sulfonamides is 1. The van der Waals surface area contributed by atoms with E-state index in [9.17, 15) is 18.0 Å². The highest BCUT2D eigenvalue weighted by Gasteiger charge is 2.33. The summed E-state index contributed by atoms with van der Waals surface area (Å²) in [5.41, 5.74) is 2.36. The maximum Gasteiger partial charge on any atom is 0.243 e. The standard InChI is InChI=1S/C23H28N4O4S/c1-16-7-10-24-21(14-16)25-23(29)18-8-12-26(13-9-18)32(30,31)20-6-5-19(15-17(20)2)27-11-3-4-22(27)28/h5-7,10,14-15,18H,3-4,8-9,11-13H2,1-2H3,(H,24,25,29). The lowest BCUT2D eigenvalue weighted by atomic mass is 9.97. The third kappa shape index (κ3) is 4.54. The quantitative estimate of drug-likeness (QED) is 0.746. The minimum atomic E-state index is -3.67. The smallest absolute Gasteiger partial charge is 0.243 e. The molecule has 32 heavy (non-hydrogen) atoms. The predicted molar refractivity (Wildman–Crippen MR) is 122 cm³/mol. The van der Waals surface area contributed by atoms with E-state index in [0.29, 0.717) is 37.2 Å². The Kier molecular flexibility index (Phi) is 6.30. The van der Waals surface area contributed by atoms with Crippen molar-refractivity contribution >= 4 is 33.3 Å². The molecule has 1 aromatic carbocycles. The minimum absolute atomic E-state index is 0.0706. The molecule has 0 bridgehead atoms. The highest BCUT2D eigenvalue weighted by Crippen LogP contribution is 2.30. The first-order valence-corrected chi connectivity index (χ1v) is 12.3. The number of aryl methyl sites for hydroxylation is 2. The fourth-order valence-electron chi connectivity index (χ4n) is 4.34. The normalized spacial score (nSPS) is 18.2. The lowest BCUT2D eigenvalue weighted by molar-refractivity contribution is -0.121. The Balaban J connectivity index is 1.41. The number of hydrogen-bond acceptors (Lipinski definition) is 5. The second-order valence-corrected chi connectivity index (χ2v) is 10.4. The Morgan fingerprint density at radius 2 is 1.84 bits per heavy atom. The van der Waals surface area contributed by atoms with Crippen molar-refractivity contribution in [3.05, 3.63) is 47.7 Å². The van der Waals surface area contributed by atoms with E-state index in [-0.39, 0.29) is 35.7 Å². The Morgan fingerprint density at radius 3 is 2.47 bits per heavy atom. The van der Waals surface area contributed by atoms with Crippen molar-refractivity contribution in [2.24, 2.45) is 5.92 Å². The highest BCUT2D eigenvalue weighted by atomic mass is 32.2. The zero-order chi connectivity index (χ0) is 22.9. The van der Waals surface area contributed by atoms with Crippen LogP contribution in [0, 0.1) is 19.8 Å². The molecular formula is C23H28N4O4S. The minimum Gasteiger partial charge on any atom is -0.312 e. The molecule has 2 amide bonds. The number of aromatic nitrogens is 1. The Morgan fingerprint density at radius 1 is 1.09 bits per heavy atom. The van der Waals surface area contributed by atoms with Gasteiger partial charge in [-0.1, -0.05) is 0 Å². The number of rotatable bonds is 5. The van der Waals surface area contributed by atoms with Crippen molar-refractivity contribution in [2.45, 2.75) is 44.4 Å². The van der Waals surface area contributed by atoms with E-state index in [4.69, 9.17) is 0 Å². The lowest BCUT2D eigenvalue weighted by Crippen LogP contribution is -2.41. The molecule has 0 spiro atoms. The van der Waals surface area contributed by atoms with Crippen LogP contribution in [0.2, 0.25) is 0 Å². The van der Waals surface area contributed by atoms with E-state index < -0.39 is 10.0 Å². The van der Waals surface area contributed by atoms with Crippen LogP contribution >= 0.6 is 0 Å². The van der Waals surface area contributed by atoms with Crippen molar-refractivity contribution in [1.82, 2.24) is 9.29 Å². The SMILES string of the molecule is Cc1ccnc(NC(=O)C2CCN(S(=O)(=O)c3ccc(N4CCCC4=O)cc3C)CC2)c1. The van der Waals surface area contributed by atoms with Gasteiger partial charge in [-0.2, -0.15) is 4.31 Å². The number of carbonyl (C=O) groups excluding carboxylic acids is 2. The number of nitrogens with one attached hydrogen (secondary N) is 1. The number of pyridine rings is 1. The first-order chi connectivity index (χ1) is 15.3. The molecule has 2 saturated heterocycles. The van der Waals surface area contributed by atoms with Gasteiger partial charge in [-0.25, -0.2) is 13.4 Å².